The fourth-order valence-electron chi connectivity index (χ4n) is 8.46. The Kier molecular flexibility index (Phi) is 57.8. The second kappa shape index (κ2) is 60.9. The summed E-state index contributed by atoms with van der Waals surface area (Å²) in [5.74, 6) is -0.889. The van der Waals surface area contributed by atoms with Gasteiger partial charge >= 0.3 is 17.9 Å². The van der Waals surface area contributed by atoms with E-state index in [1.165, 1.54) is 135 Å². The van der Waals surface area contributed by atoms with Crippen molar-refractivity contribution in [2.24, 2.45) is 0 Å². The van der Waals surface area contributed by atoms with Crippen LogP contribution in [0.2, 0.25) is 0 Å². The van der Waals surface area contributed by atoms with Crippen LogP contribution in [-0.2, 0) is 28.6 Å². The van der Waals surface area contributed by atoms with E-state index in [-0.39, 0.29) is 31.1 Å². The summed E-state index contributed by atoms with van der Waals surface area (Å²) in [4.78, 5) is 38.1. The minimum Gasteiger partial charge on any atom is -0.462 e. The number of hydrogen-bond donors (Lipinski definition) is 0. The summed E-state index contributed by atoms with van der Waals surface area (Å²) < 4.78 is 16.8. The van der Waals surface area contributed by atoms with Crippen molar-refractivity contribution in [2.75, 3.05) is 13.2 Å². The van der Waals surface area contributed by atoms with Crippen LogP contribution in [0.3, 0.4) is 0 Å². The maximum Gasteiger partial charge on any atom is 0.306 e. The van der Waals surface area contributed by atoms with E-state index in [0.717, 1.165) is 116 Å². The van der Waals surface area contributed by atoms with Crippen LogP contribution in [0.5, 0.6) is 0 Å². The van der Waals surface area contributed by atoms with Crippen LogP contribution < -0.4 is 0 Å². The van der Waals surface area contributed by atoms with Gasteiger partial charge in [0.05, 0.1) is 0 Å². The van der Waals surface area contributed by atoms with E-state index in [2.05, 4.69) is 118 Å². The average molecular weight is 1020 g/mol. The van der Waals surface area contributed by atoms with Crippen molar-refractivity contribution < 1.29 is 28.6 Å². The van der Waals surface area contributed by atoms with Crippen LogP contribution in [0.4, 0.5) is 0 Å². The highest BCUT2D eigenvalue weighted by Crippen LogP contribution is 2.16. The van der Waals surface area contributed by atoms with Crippen molar-refractivity contribution in [1.29, 1.82) is 0 Å². The largest absolute Gasteiger partial charge is 0.462 e. The lowest BCUT2D eigenvalue weighted by Gasteiger charge is -2.18. The van der Waals surface area contributed by atoms with Gasteiger partial charge in [-0.05, 0) is 96.3 Å². The molecule has 0 saturated heterocycles. The van der Waals surface area contributed by atoms with Crippen molar-refractivity contribution in [2.45, 2.75) is 297 Å². The number of esters is 3. The van der Waals surface area contributed by atoms with Crippen molar-refractivity contribution in [3.8, 4) is 0 Å². The minimum absolute atomic E-state index is 0.0807. The second-order valence-corrected chi connectivity index (χ2v) is 20.2. The van der Waals surface area contributed by atoms with Gasteiger partial charge in [0.2, 0.25) is 0 Å². The number of rotatable bonds is 55. The van der Waals surface area contributed by atoms with Gasteiger partial charge in [0, 0.05) is 19.3 Å². The van der Waals surface area contributed by atoms with E-state index < -0.39 is 6.10 Å². The predicted octanol–water partition coefficient (Wildman–Crippen LogP) is 20.9. The summed E-state index contributed by atoms with van der Waals surface area (Å²) >= 11 is 0. The summed E-state index contributed by atoms with van der Waals surface area (Å²) in [6.07, 6.45) is 81.3. The molecular formula is C67H114O6. The van der Waals surface area contributed by atoms with Crippen LogP contribution in [0.25, 0.3) is 0 Å². The molecule has 1 unspecified atom stereocenters. The Morgan fingerprint density at radius 2 is 0.548 bits per heavy atom. The number of carbonyl (C=O) groups is 3. The zero-order valence-corrected chi connectivity index (χ0v) is 47.9. The van der Waals surface area contributed by atoms with Crippen LogP contribution in [0.15, 0.2) is 97.2 Å². The predicted molar refractivity (Wildman–Crippen MR) is 316 cm³/mol. The first-order valence-electron chi connectivity index (χ1n) is 30.7. The first kappa shape index (κ1) is 69.3. The van der Waals surface area contributed by atoms with Gasteiger partial charge in [-0.3, -0.25) is 14.4 Å². The number of hydrogen-bond acceptors (Lipinski definition) is 6. The molecule has 6 nitrogen and oxygen atoms in total. The van der Waals surface area contributed by atoms with E-state index in [1.54, 1.807) is 0 Å². The summed E-state index contributed by atoms with van der Waals surface area (Å²) in [7, 11) is 0. The first-order chi connectivity index (χ1) is 36.0. The molecule has 1 atom stereocenters. The standard InChI is InChI=1S/C67H114O6/c1-4-7-10-13-16-19-22-24-25-26-27-28-29-30-31-32-33-34-35-36-37-38-39-40-41-43-45-48-51-54-57-60-66(69)72-63-64(62-71-65(68)59-56-53-50-47-44-21-18-15-12-9-6-3)73-67(70)61-58-55-52-49-46-42-23-20-17-14-11-8-5-2/h7,10,15-16,18-19,24-25,27-28,30-31,33-34,36-37,64H,4-6,8-9,11-14,17,20-23,26,29,32,35,38-63H2,1-3H3/b10-7-,18-15-,19-16-,25-24-,28-27-,31-30-,34-33-,37-36-. The Labute approximate surface area is 451 Å². The molecule has 0 bridgehead atoms. The third kappa shape index (κ3) is 59.1. The lowest BCUT2D eigenvalue weighted by molar-refractivity contribution is -0.167. The van der Waals surface area contributed by atoms with Gasteiger partial charge in [0.15, 0.2) is 6.10 Å². The molecule has 0 fully saturated rings. The zero-order chi connectivity index (χ0) is 52.9. The van der Waals surface area contributed by atoms with Gasteiger partial charge in [0.1, 0.15) is 13.2 Å². The molecule has 0 radical (unpaired) electrons. The summed E-state index contributed by atoms with van der Waals surface area (Å²) in [6, 6.07) is 0. The number of allylic oxidation sites excluding steroid dienone is 16. The summed E-state index contributed by atoms with van der Waals surface area (Å²) in [6.45, 7) is 6.49. The molecule has 418 valence electrons. The van der Waals surface area contributed by atoms with E-state index in [4.69, 9.17) is 14.2 Å². The monoisotopic (exact) mass is 1010 g/mol. The molecule has 0 aliphatic heterocycles. The van der Waals surface area contributed by atoms with Crippen LogP contribution in [0, 0.1) is 0 Å². The zero-order valence-electron chi connectivity index (χ0n) is 47.9. The Morgan fingerprint density at radius 1 is 0.288 bits per heavy atom. The van der Waals surface area contributed by atoms with Gasteiger partial charge < -0.3 is 14.2 Å². The topological polar surface area (TPSA) is 78.9 Å². The smallest absolute Gasteiger partial charge is 0.306 e. The molecule has 0 rings (SSSR count). The SMILES string of the molecule is CC/C=C\C/C=C\C/C=C\C/C=C\C/C=C\C/C=C\C/C=C\CCCCCCCCCCCC(=O)OCC(COC(=O)CCCCCCC/C=C\CCCC)OC(=O)CCCCCCCCCCCCCCC. The fraction of sp³-hybridized carbons (Fsp3) is 0.716. The van der Waals surface area contributed by atoms with E-state index in [9.17, 15) is 14.4 Å². The highest BCUT2D eigenvalue weighted by Gasteiger charge is 2.19. The van der Waals surface area contributed by atoms with E-state index >= 15 is 0 Å². The molecular weight excluding hydrogens is 901 g/mol. The number of ether oxygens (including phenoxy) is 3. The van der Waals surface area contributed by atoms with Gasteiger partial charge in [0.25, 0.3) is 0 Å². The molecule has 0 N–H and O–H groups in total. The minimum atomic E-state index is -0.780. The number of carbonyl (C=O) groups excluding carboxylic acids is 3. The van der Waals surface area contributed by atoms with Crippen LogP contribution >= 0.6 is 0 Å². The van der Waals surface area contributed by atoms with Gasteiger partial charge in [-0.1, -0.05) is 272 Å². The van der Waals surface area contributed by atoms with Gasteiger partial charge in [-0.25, -0.2) is 0 Å². The highest BCUT2D eigenvalue weighted by molar-refractivity contribution is 5.71. The molecule has 0 aliphatic carbocycles. The van der Waals surface area contributed by atoms with Gasteiger partial charge in [-0.2, -0.15) is 0 Å². The Hall–Kier alpha value is -3.67. The molecule has 0 aromatic rings. The lowest BCUT2D eigenvalue weighted by Crippen LogP contribution is -2.30. The Morgan fingerprint density at radius 3 is 0.890 bits per heavy atom. The molecule has 0 spiro atoms. The lowest BCUT2D eigenvalue weighted by atomic mass is 10.0. The molecule has 0 heterocycles. The van der Waals surface area contributed by atoms with Crippen LogP contribution in [-0.4, -0.2) is 37.2 Å². The molecule has 0 aliphatic rings. The van der Waals surface area contributed by atoms with Crippen LogP contribution in [0.1, 0.15) is 290 Å². The van der Waals surface area contributed by atoms with Crippen molar-refractivity contribution in [3.63, 3.8) is 0 Å². The fourth-order valence-corrected chi connectivity index (χ4v) is 8.46. The molecule has 0 saturated carbocycles. The Bertz CT molecular complexity index is 1440. The van der Waals surface area contributed by atoms with E-state index in [0.29, 0.717) is 19.3 Å². The summed E-state index contributed by atoms with van der Waals surface area (Å²) in [5, 5.41) is 0. The third-order valence-corrected chi connectivity index (χ3v) is 13.1. The normalized spacial score (nSPS) is 12.8. The highest BCUT2D eigenvalue weighted by atomic mass is 16.6. The quantitative estimate of drug-likeness (QED) is 0.0261. The van der Waals surface area contributed by atoms with Crippen molar-refractivity contribution in [1.82, 2.24) is 0 Å². The van der Waals surface area contributed by atoms with Crippen molar-refractivity contribution in [3.05, 3.63) is 97.2 Å². The molecule has 73 heavy (non-hydrogen) atoms. The maximum absolute atomic E-state index is 12.8. The molecule has 0 amide bonds. The van der Waals surface area contributed by atoms with E-state index in [1.807, 2.05) is 0 Å². The van der Waals surface area contributed by atoms with Crippen molar-refractivity contribution >= 4 is 17.9 Å². The Balaban J connectivity index is 4.20. The molecule has 6 heteroatoms. The molecule has 0 aromatic carbocycles. The maximum atomic E-state index is 12.8. The summed E-state index contributed by atoms with van der Waals surface area (Å²) in [5.41, 5.74) is 0. The van der Waals surface area contributed by atoms with Gasteiger partial charge in [-0.15, -0.1) is 0 Å². The number of unbranched alkanes of at least 4 members (excludes halogenated alkanes) is 28. The molecule has 0 aromatic heterocycles. The first-order valence-corrected chi connectivity index (χ1v) is 30.7. The third-order valence-electron chi connectivity index (χ3n) is 13.1. The second-order valence-electron chi connectivity index (χ2n) is 20.2. The average Bonchev–Trinajstić information content (AvgIpc) is 3.39.